The van der Waals surface area contributed by atoms with Crippen LogP contribution in [0.25, 0.3) is 0 Å². The Morgan fingerprint density at radius 1 is 1.11 bits per heavy atom. The number of aromatic nitrogens is 2. The molecule has 2 aromatic rings. The van der Waals surface area contributed by atoms with Crippen LogP contribution >= 0.6 is 27.5 Å². The molecule has 1 aromatic carbocycles. The highest BCUT2D eigenvalue weighted by atomic mass is 79.9. The molecule has 1 aliphatic rings. The van der Waals surface area contributed by atoms with Crippen molar-refractivity contribution in [3.05, 3.63) is 51.3 Å². The summed E-state index contributed by atoms with van der Waals surface area (Å²) in [5.74, 6) is -0.758. The standard InChI is InChI=1S/C12H5BrClN3O2/c13-8-4-16-9(5-15-8)17-11(18)6-2-1-3-7(14)10(6)12(17)19/h1-5H. The number of benzene rings is 1. The molecular formula is C12H5BrClN3O2. The Balaban J connectivity index is 2.13. The third-order valence-electron chi connectivity index (χ3n) is 2.70. The van der Waals surface area contributed by atoms with E-state index < -0.39 is 11.8 Å². The van der Waals surface area contributed by atoms with Gasteiger partial charge in [-0.05, 0) is 28.1 Å². The van der Waals surface area contributed by atoms with Gasteiger partial charge in [-0.15, -0.1) is 0 Å². The van der Waals surface area contributed by atoms with Gasteiger partial charge in [0.2, 0.25) is 0 Å². The van der Waals surface area contributed by atoms with Gasteiger partial charge in [0.25, 0.3) is 11.8 Å². The van der Waals surface area contributed by atoms with Crippen LogP contribution in [0, 0.1) is 0 Å². The molecule has 0 unspecified atom stereocenters. The zero-order valence-electron chi connectivity index (χ0n) is 9.30. The van der Waals surface area contributed by atoms with Crippen molar-refractivity contribution in [2.45, 2.75) is 0 Å². The average Bonchev–Trinajstić information content (AvgIpc) is 2.65. The van der Waals surface area contributed by atoms with E-state index in [1.54, 1.807) is 18.2 Å². The van der Waals surface area contributed by atoms with E-state index in [0.29, 0.717) is 4.60 Å². The molecule has 94 valence electrons. The number of carbonyl (C=O) groups excluding carboxylic acids is 2. The Kier molecular flexibility index (Phi) is 2.83. The Labute approximate surface area is 121 Å². The molecule has 0 saturated heterocycles. The quantitative estimate of drug-likeness (QED) is 0.750. The zero-order valence-corrected chi connectivity index (χ0v) is 11.6. The Bertz CT molecular complexity index is 703. The smallest absolute Gasteiger partial charge is 0.268 e. The molecule has 5 nitrogen and oxygen atoms in total. The summed E-state index contributed by atoms with van der Waals surface area (Å²) in [5, 5.41) is 0.253. The lowest BCUT2D eigenvalue weighted by Gasteiger charge is -2.11. The van der Waals surface area contributed by atoms with Crippen molar-refractivity contribution in [3.63, 3.8) is 0 Å². The topological polar surface area (TPSA) is 63.2 Å². The van der Waals surface area contributed by atoms with Crippen molar-refractivity contribution >= 4 is 45.2 Å². The summed E-state index contributed by atoms with van der Waals surface area (Å²) in [6, 6.07) is 4.76. The Morgan fingerprint density at radius 2 is 1.89 bits per heavy atom. The first kappa shape index (κ1) is 12.3. The summed E-state index contributed by atoms with van der Waals surface area (Å²) in [4.78, 5) is 33.4. The van der Waals surface area contributed by atoms with E-state index in [1.165, 1.54) is 12.4 Å². The second-order valence-corrected chi connectivity index (χ2v) is 5.03. The van der Waals surface area contributed by atoms with Crippen molar-refractivity contribution in [2.24, 2.45) is 0 Å². The molecular weight excluding hydrogens is 334 g/mol. The molecule has 1 aromatic heterocycles. The Morgan fingerprint density at radius 3 is 2.53 bits per heavy atom. The number of amides is 2. The van der Waals surface area contributed by atoms with E-state index in [4.69, 9.17) is 11.6 Å². The van der Waals surface area contributed by atoms with E-state index in [-0.39, 0.29) is 22.0 Å². The summed E-state index contributed by atoms with van der Waals surface area (Å²) in [6.45, 7) is 0. The van der Waals surface area contributed by atoms with Crippen molar-refractivity contribution in [3.8, 4) is 0 Å². The molecule has 2 amide bonds. The first-order chi connectivity index (χ1) is 9.09. The van der Waals surface area contributed by atoms with Gasteiger partial charge in [-0.3, -0.25) is 9.59 Å². The number of carbonyl (C=O) groups is 2. The van der Waals surface area contributed by atoms with Gasteiger partial charge in [0.15, 0.2) is 5.82 Å². The van der Waals surface area contributed by atoms with Crippen LogP contribution in [0.4, 0.5) is 5.82 Å². The first-order valence-corrected chi connectivity index (χ1v) is 6.41. The SMILES string of the molecule is O=C1c2cccc(Cl)c2C(=O)N1c1cnc(Br)cn1. The minimum atomic E-state index is -0.484. The van der Waals surface area contributed by atoms with Crippen LogP contribution in [0.1, 0.15) is 20.7 Å². The molecule has 0 spiro atoms. The van der Waals surface area contributed by atoms with E-state index >= 15 is 0 Å². The van der Waals surface area contributed by atoms with Gasteiger partial charge >= 0.3 is 0 Å². The molecule has 0 N–H and O–H groups in total. The number of rotatable bonds is 1. The molecule has 3 rings (SSSR count). The van der Waals surface area contributed by atoms with Crippen molar-refractivity contribution in [1.82, 2.24) is 9.97 Å². The maximum absolute atomic E-state index is 12.3. The van der Waals surface area contributed by atoms with Crippen molar-refractivity contribution in [2.75, 3.05) is 4.90 Å². The molecule has 0 aliphatic carbocycles. The highest BCUT2D eigenvalue weighted by Crippen LogP contribution is 2.31. The first-order valence-electron chi connectivity index (χ1n) is 5.24. The Hall–Kier alpha value is -1.79. The third-order valence-corrected chi connectivity index (χ3v) is 3.42. The van der Waals surface area contributed by atoms with Crippen LogP contribution in [0.3, 0.4) is 0 Å². The van der Waals surface area contributed by atoms with Crippen molar-refractivity contribution < 1.29 is 9.59 Å². The number of anilines is 1. The van der Waals surface area contributed by atoms with Crippen LogP contribution in [-0.2, 0) is 0 Å². The van der Waals surface area contributed by atoms with Crippen LogP contribution in [0.5, 0.6) is 0 Å². The highest BCUT2D eigenvalue weighted by molar-refractivity contribution is 9.10. The summed E-state index contributed by atoms with van der Waals surface area (Å²) < 4.78 is 0.519. The van der Waals surface area contributed by atoms with E-state index in [9.17, 15) is 9.59 Å². The van der Waals surface area contributed by atoms with Gasteiger partial charge in [0.05, 0.1) is 28.5 Å². The fourth-order valence-electron chi connectivity index (χ4n) is 1.87. The third kappa shape index (κ3) is 1.84. The molecule has 0 atom stereocenters. The van der Waals surface area contributed by atoms with Crippen LogP contribution in [0.2, 0.25) is 5.02 Å². The van der Waals surface area contributed by atoms with Gasteiger partial charge in [-0.2, -0.15) is 0 Å². The van der Waals surface area contributed by atoms with Gasteiger partial charge in [-0.1, -0.05) is 17.7 Å². The maximum Gasteiger partial charge on any atom is 0.268 e. The average molecular weight is 339 g/mol. The molecule has 2 heterocycles. The predicted octanol–water partition coefficient (Wildman–Crippen LogP) is 2.69. The fraction of sp³-hybridized carbons (Fsp3) is 0. The van der Waals surface area contributed by atoms with E-state index in [1.807, 2.05) is 0 Å². The predicted molar refractivity (Wildman–Crippen MR) is 72.3 cm³/mol. The van der Waals surface area contributed by atoms with E-state index in [2.05, 4.69) is 25.9 Å². The molecule has 1 aliphatic heterocycles. The monoisotopic (exact) mass is 337 g/mol. The van der Waals surface area contributed by atoms with Crippen LogP contribution in [-0.4, -0.2) is 21.8 Å². The second kappa shape index (κ2) is 4.40. The summed E-state index contributed by atoms with van der Waals surface area (Å²) in [6.07, 6.45) is 2.76. The van der Waals surface area contributed by atoms with Gasteiger partial charge in [0.1, 0.15) is 4.60 Å². The highest BCUT2D eigenvalue weighted by Gasteiger charge is 2.39. The lowest BCUT2D eigenvalue weighted by Crippen LogP contribution is -2.30. The summed E-state index contributed by atoms with van der Waals surface area (Å²) >= 11 is 9.11. The summed E-state index contributed by atoms with van der Waals surface area (Å²) in [5.41, 5.74) is 0.487. The molecule has 7 heteroatoms. The van der Waals surface area contributed by atoms with Gasteiger partial charge in [0, 0.05) is 0 Å². The van der Waals surface area contributed by atoms with Crippen LogP contribution < -0.4 is 4.90 Å². The van der Waals surface area contributed by atoms with Gasteiger partial charge in [-0.25, -0.2) is 14.9 Å². The lowest BCUT2D eigenvalue weighted by molar-refractivity contribution is 0.0925. The molecule has 0 fully saturated rings. The number of hydrogen-bond acceptors (Lipinski definition) is 4. The minimum Gasteiger partial charge on any atom is -0.268 e. The van der Waals surface area contributed by atoms with Crippen LogP contribution in [0.15, 0.2) is 35.2 Å². The zero-order chi connectivity index (χ0) is 13.6. The molecule has 0 bridgehead atoms. The number of halogens is 2. The van der Waals surface area contributed by atoms with E-state index in [0.717, 1.165) is 4.90 Å². The number of hydrogen-bond donors (Lipinski definition) is 0. The molecule has 19 heavy (non-hydrogen) atoms. The van der Waals surface area contributed by atoms with Gasteiger partial charge < -0.3 is 0 Å². The van der Waals surface area contributed by atoms with Crippen molar-refractivity contribution in [1.29, 1.82) is 0 Å². The second-order valence-electron chi connectivity index (χ2n) is 3.81. The maximum atomic E-state index is 12.3. The number of imide groups is 1. The fourth-order valence-corrected chi connectivity index (χ4v) is 2.33. The minimum absolute atomic E-state index is 0.172. The molecule has 0 saturated carbocycles. The number of nitrogens with zero attached hydrogens (tertiary/aromatic N) is 3. The summed E-state index contributed by atoms with van der Waals surface area (Å²) in [7, 11) is 0. The molecule has 0 radical (unpaired) electrons. The lowest BCUT2D eigenvalue weighted by atomic mass is 10.1. The number of fused-ring (bicyclic) bond motifs is 1. The largest absolute Gasteiger partial charge is 0.268 e. The normalized spacial score (nSPS) is 13.9.